The van der Waals surface area contributed by atoms with E-state index in [1.807, 2.05) is 34.5 Å². The molecule has 3 rings (SSSR count). The highest BCUT2D eigenvalue weighted by Crippen LogP contribution is 2.19. The van der Waals surface area contributed by atoms with Crippen LogP contribution in [0.25, 0.3) is 5.69 Å². The van der Waals surface area contributed by atoms with Crippen LogP contribution in [0.4, 0.5) is 0 Å². The average molecular weight is 276 g/mol. The summed E-state index contributed by atoms with van der Waals surface area (Å²) in [5.74, 6) is 0. The van der Waals surface area contributed by atoms with E-state index in [-0.39, 0.29) is 0 Å². The van der Waals surface area contributed by atoms with Crippen molar-refractivity contribution in [1.29, 1.82) is 0 Å². The Hall–Kier alpha value is -1.65. The molecule has 0 N–H and O–H groups in total. The molecular formula is C13H10ClN3S. The lowest BCUT2D eigenvalue weighted by molar-refractivity contribution is 0.877. The Balaban J connectivity index is 1.87. The second-order valence-electron chi connectivity index (χ2n) is 3.89. The third-order valence-electron chi connectivity index (χ3n) is 2.59. The number of halogens is 1. The van der Waals surface area contributed by atoms with Crippen molar-refractivity contribution in [1.82, 2.24) is 14.8 Å². The minimum atomic E-state index is 0.591. The first-order valence-corrected chi connectivity index (χ1v) is 6.76. The molecule has 0 aliphatic rings. The maximum Gasteiger partial charge on any atom is 0.183 e. The van der Waals surface area contributed by atoms with Gasteiger partial charge in [0.15, 0.2) is 4.47 Å². The topological polar surface area (TPSA) is 30.7 Å². The van der Waals surface area contributed by atoms with Gasteiger partial charge in [0.1, 0.15) is 0 Å². The second kappa shape index (κ2) is 4.92. The van der Waals surface area contributed by atoms with Crippen LogP contribution in [0.15, 0.2) is 48.1 Å². The summed E-state index contributed by atoms with van der Waals surface area (Å²) >= 11 is 7.29. The molecule has 0 saturated heterocycles. The third-order valence-corrected chi connectivity index (χ3v) is 3.62. The lowest BCUT2D eigenvalue weighted by Gasteiger charge is -2.04. The zero-order valence-corrected chi connectivity index (χ0v) is 11.0. The fourth-order valence-corrected chi connectivity index (χ4v) is 2.58. The van der Waals surface area contributed by atoms with Gasteiger partial charge in [-0.15, -0.1) is 11.3 Å². The summed E-state index contributed by atoms with van der Waals surface area (Å²) in [6.07, 6.45) is 4.49. The smallest absolute Gasteiger partial charge is 0.183 e. The molecule has 0 atom stereocenters. The van der Waals surface area contributed by atoms with E-state index in [4.69, 9.17) is 11.6 Å². The van der Waals surface area contributed by atoms with Gasteiger partial charge < -0.3 is 0 Å². The molecule has 5 heteroatoms. The summed E-state index contributed by atoms with van der Waals surface area (Å²) in [6.45, 7) is 0. The zero-order chi connectivity index (χ0) is 12.4. The third kappa shape index (κ3) is 2.44. The molecule has 0 bridgehead atoms. The molecule has 0 fully saturated rings. The predicted octanol–water partition coefficient (Wildman–Crippen LogP) is 3.57. The fourth-order valence-electron chi connectivity index (χ4n) is 1.80. The molecule has 3 nitrogen and oxygen atoms in total. The predicted molar refractivity (Wildman–Crippen MR) is 73.5 cm³/mol. The summed E-state index contributed by atoms with van der Waals surface area (Å²) in [7, 11) is 0. The van der Waals surface area contributed by atoms with Crippen LogP contribution >= 0.6 is 22.9 Å². The van der Waals surface area contributed by atoms with Crippen LogP contribution in [-0.2, 0) is 6.42 Å². The van der Waals surface area contributed by atoms with Gasteiger partial charge in [-0.05, 0) is 23.8 Å². The van der Waals surface area contributed by atoms with Crippen molar-refractivity contribution in [3.8, 4) is 5.69 Å². The largest absolute Gasteiger partial charge is 0.241 e. The number of benzene rings is 1. The van der Waals surface area contributed by atoms with Gasteiger partial charge in [0.25, 0.3) is 0 Å². The summed E-state index contributed by atoms with van der Waals surface area (Å²) in [6, 6.07) is 10.2. The number of hydrogen-bond donors (Lipinski definition) is 0. The molecule has 2 heterocycles. The van der Waals surface area contributed by atoms with E-state index < -0.39 is 0 Å². The highest BCUT2D eigenvalue weighted by Gasteiger charge is 2.03. The van der Waals surface area contributed by atoms with E-state index >= 15 is 0 Å². The van der Waals surface area contributed by atoms with E-state index in [0.717, 1.165) is 17.8 Å². The highest BCUT2D eigenvalue weighted by molar-refractivity contribution is 7.13. The number of hydrogen-bond acceptors (Lipinski definition) is 3. The quantitative estimate of drug-likeness (QED) is 0.732. The van der Waals surface area contributed by atoms with Crippen LogP contribution in [0.5, 0.6) is 0 Å². The molecule has 0 radical (unpaired) electrons. The van der Waals surface area contributed by atoms with Gasteiger partial charge >= 0.3 is 0 Å². The maximum absolute atomic E-state index is 5.83. The Kier molecular flexibility index (Phi) is 3.13. The van der Waals surface area contributed by atoms with Crippen LogP contribution in [0.2, 0.25) is 4.47 Å². The van der Waals surface area contributed by atoms with Gasteiger partial charge in [0.05, 0.1) is 11.4 Å². The number of thiazole rings is 1. The molecular weight excluding hydrogens is 266 g/mol. The van der Waals surface area contributed by atoms with Crippen LogP contribution < -0.4 is 0 Å². The van der Waals surface area contributed by atoms with E-state index in [1.165, 1.54) is 16.9 Å². The summed E-state index contributed by atoms with van der Waals surface area (Å²) in [5, 5.41) is 6.21. The van der Waals surface area contributed by atoms with Crippen LogP contribution in [0, 0.1) is 0 Å². The first-order chi connectivity index (χ1) is 8.81. The Labute approximate surface area is 114 Å². The normalized spacial score (nSPS) is 10.7. The van der Waals surface area contributed by atoms with E-state index in [1.54, 1.807) is 6.20 Å². The number of rotatable bonds is 3. The Morgan fingerprint density at radius 1 is 1.28 bits per heavy atom. The highest BCUT2D eigenvalue weighted by atomic mass is 35.5. The zero-order valence-electron chi connectivity index (χ0n) is 9.45. The molecule has 0 aliphatic heterocycles. The number of aromatic nitrogens is 3. The van der Waals surface area contributed by atoms with Crippen molar-refractivity contribution < 1.29 is 0 Å². The van der Waals surface area contributed by atoms with Crippen LogP contribution in [0.1, 0.15) is 11.3 Å². The van der Waals surface area contributed by atoms with Crippen molar-refractivity contribution in [2.24, 2.45) is 0 Å². The molecule has 0 saturated carbocycles. The van der Waals surface area contributed by atoms with Crippen molar-refractivity contribution in [2.75, 3.05) is 0 Å². The lowest BCUT2D eigenvalue weighted by Crippen LogP contribution is -1.96. The standard InChI is InChI=1S/C13H10ClN3S/c14-13-16-11(9-18-13)7-10-3-1-4-12(8-10)17-6-2-5-15-17/h1-6,8-9H,7H2. The van der Waals surface area contributed by atoms with Crippen molar-refractivity contribution in [3.05, 3.63) is 63.8 Å². The molecule has 18 heavy (non-hydrogen) atoms. The minimum absolute atomic E-state index is 0.591. The average Bonchev–Trinajstić information content (AvgIpc) is 3.01. The molecule has 0 amide bonds. The van der Waals surface area contributed by atoms with Gasteiger partial charge in [-0.2, -0.15) is 5.10 Å². The maximum atomic E-state index is 5.83. The van der Waals surface area contributed by atoms with Crippen LogP contribution in [0.3, 0.4) is 0 Å². The van der Waals surface area contributed by atoms with Crippen LogP contribution in [-0.4, -0.2) is 14.8 Å². The SMILES string of the molecule is Clc1nc(Cc2cccc(-n3cccn3)c2)cs1. The molecule has 1 aromatic carbocycles. The van der Waals surface area contributed by atoms with Crippen molar-refractivity contribution >= 4 is 22.9 Å². The van der Waals surface area contributed by atoms with E-state index in [9.17, 15) is 0 Å². The summed E-state index contributed by atoms with van der Waals surface area (Å²) in [5.41, 5.74) is 3.26. The van der Waals surface area contributed by atoms with E-state index in [2.05, 4.69) is 22.2 Å². The fraction of sp³-hybridized carbons (Fsp3) is 0.0769. The molecule has 0 spiro atoms. The van der Waals surface area contributed by atoms with Gasteiger partial charge in [0, 0.05) is 24.2 Å². The molecule has 0 aliphatic carbocycles. The van der Waals surface area contributed by atoms with Gasteiger partial charge in [-0.3, -0.25) is 0 Å². The molecule has 2 aromatic heterocycles. The first-order valence-electron chi connectivity index (χ1n) is 5.50. The van der Waals surface area contributed by atoms with Gasteiger partial charge in [-0.25, -0.2) is 9.67 Å². The minimum Gasteiger partial charge on any atom is -0.241 e. The van der Waals surface area contributed by atoms with Gasteiger partial charge in [-0.1, -0.05) is 23.7 Å². The van der Waals surface area contributed by atoms with Gasteiger partial charge in [0.2, 0.25) is 0 Å². The first kappa shape index (κ1) is 11.4. The molecule has 0 unspecified atom stereocenters. The molecule has 3 aromatic rings. The Morgan fingerprint density at radius 3 is 2.94 bits per heavy atom. The summed E-state index contributed by atoms with van der Waals surface area (Å²) in [4.78, 5) is 4.26. The van der Waals surface area contributed by atoms with Crippen molar-refractivity contribution in [3.63, 3.8) is 0 Å². The second-order valence-corrected chi connectivity index (χ2v) is 5.33. The molecule has 90 valence electrons. The number of nitrogens with zero attached hydrogens (tertiary/aromatic N) is 3. The monoisotopic (exact) mass is 275 g/mol. The lowest BCUT2D eigenvalue weighted by atomic mass is 10.1. The van der Waals surface area contributed by atoms with E-state index in [0.29, 0.717) is 4.47 Å². The Morgan fingerprint density at radius 2 is 2.22 bits per heavy atom. The summed E-state index contributed by atoms with van der Waals surface area (Å²) < 4.78 is 2.44. The Bertz CT molecular complexity index is 646. The van der Waals surface area contributed by atoms with Crippen molar-refractivity contribution in [2.45, 2.75) is 6.42 Å².